The molecule has 1 rings (SSSR count). The minimum absolute atomic E-state index is 0.00171. The zero-order valence-corrected chi connectivity index (χ0v) is 10.0. The number of thioether (sulfide) groups is 1. The lowest BCUT2D eigenvalue weighted by Gasteiger charge is -1.99. The molecular weight excluding hydrogens is 232 g/mol. The zero-order chi connectivity index (χ0) is 12.6. The minimum atomic E-state index is -1.11. The van der Waals surface area contributed by atoms with Gasteiger partial charge in [0.15, 0.2) is 5.16 Å². The second-order valence-corrected chi connectivity index (χ2v) is 3.14. The monoisotopic (exact) mass is 246 g/mol. The number of nitrogen functional groups attached to an aromatic ring is 1. The summed E-state index contributed by atoms with van der Waals surface area (Å²) in [5, 5.41) is 9.03. The highest BCUT2D eigenvalue weighted by Crippen LogP contribution is 2.12. The first-order valence-electron chi connectivity index (χ1n) is 4.16. The Morgan fingerprint density at radius 2 is 2.25 bits per heavy atom. The van der Waals surface area contributed by atoms with Gasteiger partial charge in [0.05, 0.1) is 7.11 Å². The van der Waals surface area contributed by atoms with E-state index >= 15 is 0 Å². The molecule has 1 heterocycles. The summed E-state index contributed by atoms with van der Waals surface area (Å²) in [6, 6.07) is 0. The van der Waals surface area contributed by atoms with E-state index in [1.165, 1.54) is 18.0 Å². The molecule has 0 atom stereocenters. The molecule has 0 bridgehead atoms. The van der Waals surface area contributed by atoms with Crippen LogP contribution in [-0.4, -0.2) is 41.5 Å². The standard InChI is InChI=1S/C6H7N3O2S.C2H7NO/c1-12-6-8-2-3(5(10)11)4(7)9-6;1-3-4-2/h2H,1H3,(H,10,11)(H2,7,8,9);3H,1-2H3. The van der Waals surface area contributed by atoms with E-state index in [0.29, 0.717) is 5.16 Å². The Kier molecular flexibility index (Phi) is 7.18. The summed E-state index contributed by atoms with van der Waals surface area (Å²) < 4.78 is 0. The lowest BCUT2D eigenvalue weighted by atomic mass is 10.3. The van der Waals surface area contributed by atoms with E-state index in [4.69, 9.17) is 10.8 Å². The van der Waals surface area contributed by atoms with Crippen LogP contribution < -0.4 is 11.2 Å². The highest BCUT2D eigenvalue weighted by Gasteiger charge is 2.09. The van der Waals surface area contributed by atoms with Gasteiger partial charge in [0, 0.05) is 13.2 Å². The molecule has 1 aromatic rings. The molecule has 0 aliphatic rings. The number of aromatic nitrogens is 2. The van der Waals surface area contributed by atoms with Gasteiger partial charge in [-0.15, -0.1) is 0 Å². The lowest BCUT2D eigenvalue weighted by molar-refractivity contribution is 0.0697. The van der Waals surface area contributed by atoms with Gasteiger partial charge in [0.25, 0.3) is 0 Å². The van der Waals surface area contributed by atoms with Crippen molar-refractivity contribution in [2.75, 3.05) is 26.1 Å². The van der Waals surface area contributed by atoms with E-state index in [0.717, 1.165) is 0 Å². The molecule has 16 heavy (non-hydrogen) atoms. The van der Waals surface area contributed by atoms with Crippen LogP contribution in [0.5, 0.6) is 0 Å². The maximum atomic E-state index is 10.5. The number of nitrogens with zero attached hydrogens (tertiary/aromatic N) is 2. The number of rotatable bonds is 3. The molecule has 90 valence electrons. The molecule has 4 N–H and O–H groups in total. The molecular formula is C8H14N4O3S. The van der Waals surface area contributed by atoms with Crippen LogP contribution in [0.1, 0.15) is 10.4 Å². The van der Waals surface area contributed by atoms with Crippen LogP contribution in [0.3, 0.4) is 0 Å². The van der Waals surface area contributed by atoms with Crippen LogP contribution in [0.25, 0.3) is 0 Å². The molecule has 0 radical (unpaired) electrons. The van der Waals surface area contributed by atoms with E-state index in [2.05, 4.69) is 20.3 Å². The molecule has 0 aromatic carbocycles. The van der Waals surface area contributed by atoms with Crippen LogP contribution in [0.4, 0.5) is 5.82 Å². The van der Waals surface area contributed by atoms with Gasteiger partial charge >= 0.3 is 5.97 Å². The Hall–Kier alpha value is -1.38. The quantitative estimate of drug-likeness (QED) is 0.395. The third-order valence-corrected chi connectivity index (χ3v) is 1.98. The van der Waals surface area contributed by atoms with Gasteiger partial charge in [-0.2, -0.15) is 0 Å². The molecule has 0 fully saturated rings. The van der Waals surface area contributed by atoms with Crippen molar-refractivity contribution in [2.45, 2.75) is 5.16 Å². The number of nitrogens with one attached hydrogen (secondary N) is 1. The summed E-state index contributed by atoms with van der Waals surface area (Å²) in [5.74, 6) is -1.11. The van der Waals surface area contributed by atoms with Crippen molar-refractivity contribution in [3.8, 4) is 0 Å². The summed E-state index contributed by atoms with van der Waals surface area (Å²) in [6.45, 7) is 0. The van der Waals surface area contributed by atoms with E-state index in [-0.39, 0.29) is 11.4 Å². The average Bonchev–Trinajstić information content (AvgIpc) is 2.28. The largest absolute Gasteiger partial charge is 0.477 e. The normalized spacial score (nSPS) is 9.19. The van der Waals surface area contributed by atoms with Gasteiger partial charge < -0.3 is 15.7 Å². The van der Waals surface area contributed by atoms with Crippen LogP contribution in [-0.2, 0) is 4.84 Å². The minimum Gasteiger partial charge on any atom is -0.477 e. The molecule has 7 nitrogen and oxygen atoms in total. The molecule has 0 amide bonds. The molecule has 8 heteroatoms. The third-order valence-electron chi connectivity index (χ3n) is 1.41. The van der Waals surface area contributed by atoms with Crippen molar-refractivity contribution in [3.05, 3.63) is 11.8 Å². The van der Waals surface area contributed by atoms with Gasteiger partial charge in [0.1, 0.15) is 11.4 Å². The van der Waals surface area contributed by atoms with E-state index in [9.17, 15) is 4.79 Å². The summed E-state index contributed by atoms with van der Waals surface area (Å²) in [5.41, 5.74) is 7.72. The first-order chi connectivity index (χ1) is 7.56. The summed E-state index contributed by atoms with van der Waals surface area (Å²) in [7, 11) is 3.28. The fourth-order valence-electron chi connectivity index (χ4n) is 0.641. The van der Waals surface area contributed by atoms with Crippen molar-refractivity contribution >= 4 is 23.5 Å². The third kappa shape index (κ3) is 4.91. The number of anilines is 1. The topological polar surface area (TPSA) is 110 Å². The van der Waals surface area contributed by atoms with Crippen molar-refractivity contribution < 1.29 is 14.7 Å². The number of aromatic carboxylic acids is 1. The van der Waals surface area contributed by atoms with Gasteiger partial charge in [-0.1, -0.05) is 11.8 Å². The zero-order valence-electron chi connectivity index (χ0n) is 9.22. The molecule has 1 aromatic heterocycles. The SMILES string of the molecule is CNOC.CSc1ncc(C(=O)O)c(N)n1. The predicted molar refractivity (Wildman–Crippen MR) is 61.3 cm³/mol. The second-order valence-electron chi connectivity index (χ2n) is 2.37. The Balaban J connectivity index is 0.000000487. The van der Waals surface area contributed by atoms with Crippen molar-refractivity contribution in [3.63, 3.8) is 0 Å². The van der Waals surface area contributed by atoms with Gasteiger partial charge in [-0.05, 0) is 6.26 Å². The number of hydroxylamine groups is 1. The molecule has 0 unspecified atom stereocenters. The van der Waals surface area contributed by atoms with Gasteiger partial charge in [-0.25, -0.2) is 20.2 Å². The Labute approximate surface area is 97.4 Å². The Morgan fingerprint density at radius 3 is 2.56 bits per heavy atom. The fraction of sp³-hybridized carbons (Fsp3) is 0.375. The van der Waals surface area contributed by atoms with E-state index < -0.39 is 5.97 Å². The van der Waals surface area contributed by atoms with Crippen LogP contribution in [0, 0.1) is 0 Å². The molecule has 0 spiro atoms. The number of nitrogens with two attached hydrogens (primary N) is 1. The van der Waals surface area contributed by atoms with Crippen molar-refractivity contribution in [2.24, 2.45) is 0 Å². The first kappa shape index (κ1) is 14.6. The first-order valence-corrected chi connectivity index (χ1v) is 5.38. The van der Waals surface area contributed by atoms with Crippen molar-refractivity contribution in [1.29, 1.82) is 0 Å². The lowest BCUT2D eigenvalue weighted by Crippen LogP contribution is -2.06. The van der Waals surface area contributed by atoms with Crippen LogP contribution >= 0.6 is 11.8 Å². The van der Waals surface area contributed by atoms with E-state index in [1.54, 1.807) is 20.4 Å². The maximum absolute atomic E-state index is 10.5. The molecule has 0 saturated heterocycles. The van der Waals surface area contributed by atoms with Crippen LogP contribution in [0.15, 0.2) is 11.4 Å². The maximum Gasteiger partial charge on any atom is 0.341 e. The van der Waals surface area contributed by atoms with Gasteiger partial charge in [-0.3, -0.25) is 0 Å². The number of carboxylic acids is 1. The number of carboxylic acid groups (broad SMARTS) is 1. The Bertz CT molecular complexity index is 346. The molecule has 0 aliphatic carbocycles. The average molecular weight is 246 g/mol. The number of carbonyl (C=O) groups is 1. The molecule has 0 aliphatic heterocycles. The summed E-state index contributed by atoms with van der Waals surface area (Å²) >= 11 is 1.31. The van der Waals surface area contributed by atoms with E-state index in [1.807, 2.05) is 0 Å². The highest BCUT2D eigenvalue weighted by atomic mass is 32.2. The number of hydrogen-bond donors (Lipinski definition) is 3. The van der Waals surface area contributed by atoms with Crippen molar-refractivity contribution in [1.82, 2.24) is 15.4 Å². The second kappa shape index (κ2) is 7.85. The fourth-order valence-corrected chi connectivity index (χ4v) is 0.989. The summed E-state index contributed by atoms with van der Waals surface area (Å²) in [4.78, 5) is 22.3. The smallest absolute Gasteiger partial charge is 0.341 e. The highest BCUT2D eigenvalue weighted by molar-refractivity contribution is 7.98. The van der Waals surface area contributed by atoms with Gasteiger partial charge in [0.2, 0.25) is 0 Å². The Morgan fingerprint density at radius 1 is 1.69 bits per heavy atom. The van der Waals surface area contributed by atoms with Crippen LogP contribution in [0.2, 0.25) is 0 Å². The summed E-state index contributed by atoms with van der Waals surface area (Å²) in [6.07, 6.45) is 2.99. The molecule has 0 saturated carbocycles. The predicted octanol–water partition coefficient (Wildman–Crippen LogP) is 0.246. The number of hydrogen-bond acceptors (Lipinski definition) is 7.